The van der Waals surface area contributed by atoms with Crippen molar-refractivity contribution >= 4 is 11.5 Å². The van der Waals surface area contributed by atoms with Crippen molar-refractivity contribution in [3.63, 3.8) is 0 Å². The van der Waals surface area contributed by atoms with E-state index in [0.717, 1.165) is 12.8 Å². The van der Waals surface area contributed by atoms with Crippen LogP contribution in [-0.2, 0) is 0 Å². The Bertz CT molecular complexity index is 511. The molecule has 1 saturated heterocycles. The number of nitrogens with zero attached hydrogens (tertiary/aromatic N) is 4. The lowest BCUT2D eigenvalue weighted by Gasteiger charge is -2.23. The van der Waals surface area contributed by atoms with Crippen LogP contribution in [-0.4, -0.2) is 29.0 Å². The summed E-state index contributed by atoms with van der Waals surface area (Å²) >= 11 is 0. The Labute approximate surface area is 104 Å². The maximum Gasteiger partial charge on any atom is 0.312 e. The van der Waals surface area contributed by atoms with Gasteiger partial charge < -0.3 is 10.6 Å². The van der Waals surface area contributed by atoms with Gasteiger partial charge in [0.05, 0.1) is 10.5 Å². The quantitative estimate of drug-likeness (QED) is 0.624. The summed E-state index contributed by atoms with van der Waals surface area (Å²) in [5, 5.41) is 19.8. The molecule has 0 amide bonds. The zero-order valence-electron chi connectivity index (χ0n) is 9.74. The standard InChI is InChI=1S/C11H13N5O2/c12-5-8-4-10(16(17)18)11(14-7-8)15-3-1-2-9(15)6-13/h4,7,9H,1-3,6,13H2. The summed E-state index contributed by atoms with van der Waals surface area (Å²) < 4.78 is 0. The molecule has 94 valence electrons. The zero-order chi connectivity index (χ0) is 13.1. The highest BCUT2D eigenvalue weighted by Crippen LogP contribution is 2.31. The van der Waals surface area contributed by atoms with Gasteiger partial charge in [-0.15, -0.1) is 0 Å². The number of nitrogens with two attached hydrogens (primary N) is 1. The molecule has 0 spiro atoms. The first-order valence-corrected chi connectivity index (χ1v) is 5.68. The maximum absolute atomic E-state index is 11.0. The summed E-state index contributed by atoms with van der Waals surface area (Å²) in [7, 11) is 0. The van der Waals surface area contributed by atoms with Crippen molar-refractivity contribution in [3.8, 4) is 6.07 Å². The molecule has 1 aliphatic rings. The normalized spacial score (nSPS) is 18.7. The van der Waals surface area contributed by atoms with Gasteiger partial charge in [-0.25, -0.2) is 4.98 Å². The third-order valence-corrected chi connectivity index (χ3v) is 3.09. The van der Waals surface area contributed by atoms with E-state index in [-0.39, 0.29) is 17.3 Å². The zero-order valence-corrected chi connectivity index (χ0v) is 9.74. The van der Waals surface area contributed by atoms with Crippen LogP contribution in [0.1, 0.15) is 18.4 Å². The molecule has 1 unspecified atom stereocenters. The highest BCUT2D eigenvalue weighted by molar-refractivity contribution is 5.61. The Hall–Kier alpha value is -2.20. The summed E-state index contributed by atoms with van der Waals surface area (Å²) in [5.74, 6) is 0.312. The van der Waals surface area contributed by atoms with Crippen molar-refractivity contribution in [2.24, 2.45) is 5.73 Å². The molecular weight excluding hydrogens is 234 g/mol. The number of anilines is 1. The predicted octanol–water partition coefficient (Wildman–Crippen LogP) is 0.789. The average molecular weight is 247 g/mol. The Kier molecular flexibility index (Phi) is 3.39. The average Bonchev–Trinajstić information content (AvgIpc) is 2.86. The Morgan fingerprint density at radius 3 is 3.11 bits per heavy atom. The van der Waals surface area contributed by atoms with E-state index in [4.69, 9.17) is 11.0 Å². The topological polar surface area (TPSA) is 109 Å². The number of nitro groups is 1. The molecule has 2 N–H and O–H groups in total. The minimum atomic E-state index is -0.505. The van der Waals surface area contributed by atoms with E-state index in [2.05, 4.69) is 4.98 Å². The van der Waals surface area contributed by atoms with Crippen LogP contribution in [0.4, 0.5) is 11.5 Å². The summed E-state index contributed by atoms with van der Waals surface area (Å²) in [6.07, 6.45) is 3.21. The first-order valence-electron chi connectivity index (χ1n) is 5.68. The second-order valence-electron chi connectivity index (χ2n) is 4.16. The summed E-state index contributed by atoms with van der Waals surface area (Å²) in [6.45, 7) is 1.15. The van der Waals surface area contributed by atoms with Gasteiger partial charge in [-0.05, 0) is 12.8 Å². The summed E-state index contributed by atoms with van der Waals surface area (Å²) in [5.41, 5.74) is 5.71. The minimum Gasteiger partial charge on any atom is -0.347 e. The highest BCUT2D eigenvalue weighted by Gasteiger charge is 2.30. The van der Waals surface area contributed by atoms with Crippen LogP contribution in [0, 0.1) is 21.4 Å². The molecule has 1 aromatic heterocycles. The van der Waals surface area contributed by atoms with E-state index in [1.807, 2.05) is 11.0 Å². The van der Waals surface area contributed by atoms with Crippen LogP contribution >= 0.6 is 0 Å². The second kappa shape index (κ2) is 4.98. The Morgan fingerprint density at radius 1 is 1.72 bits per heavy atom. The molecule has 7 nitrogen and oxygen atoms in total. The fraction of sp³-hybridized carbons (Fsp3) is 0.455. The molecule has 1 aromatic rings. The van der Waals surface area contributed by atoms with Gasteiger partial charge in [0.1, 0.15) is 6.07 Å². The molecule has 18 heavy (non-hydrogen) atoms. The lowest BCUT2D eigenvalue weighted by Crippen LogP contribution is -2.36. The van der Waals surface area contributed by atoms with E-state index in [0.29, 0.717) is 18.9 Å². The van der Waals surface area contributed by atoms with Crippen molar-refractivity contribution in [1.29, 1.82) is 5.26 Å². The smallest absolute Gasteiger partial charge is 0.312 e. The van der Waals surface area contributed by atoms with Crippen molar-refractivity contribution in [1.82, 2.24) is 4.98 Å². The third-order valence-electron chi connectivity index (χ3n) is 3.09. The van der Waals surface area contributed by atoms with Crippen molar-refractivity contribution < 1.29 is 4.92 Å². The van der Waals surface area contributed by atoms with Crippen LogP contribution in [0.15, 0.2) is 12.3 Å². The van der Waals surface area contributed by atoms with Crippen molar-refractivity contribution in [2.45, 2.75) is 18.9 Å². The first-order chi connectivity index (χ1) is 8.67. The minimum absolute atomic E-state index is 0.0872. The largest absolute Gasteiger partial charge is 0.347 e. The van der Waals surface area contributed by atoms with Gasteiger partial charge in [0, 0.05) is 31.4 Å². The molecule has 1 fully saturated rings. The van der Waals surface area contributed by atoms with Crippen molar-refractivity contribution in [3.05, 3.63) is 27.9 Å². The van der Waals surface area contributed by atoms with Crippen LogP contribution < -0.4 is 10.6 Å². The molecule has 1 aliphatic heterocycles. The fourth-order valence-corrected chi connectivity index (χ4v) is 2.22. The molecule has 0 bridgehead atoms. The molecule has 0 aromatic carbocycles. The number of nitriles is 1. The van der Waals surface area contributed by atoms with E-state index in [9.17, 15) is 10.1 Å². The van der Waals surface area contributed by atoms with Crippen LogP contribution in [0.5, 0.6) is 0 Å². The van der Waals surface area contributed by atoms with Gasteiger partial charge >= 0.3 is 5.69 Å². The van der Waals surface area contributed by atoms with Gasteiger partial charge in [0.15, 0.2) is 0 Å². The van der Waals surface area contributed by atoms with Crippen LogP contribution in [0.3, 0.4) is 0 Å². The van der Waals surface area contributed by atoms with Gasteiger partial charge in [-0.1, -0.05) is 0 Å². The molecule has 2 rings (SSSR count). The summed E-state index contributed by atoms with van der Waals surface area (Å²) in [6, 6.07) is 3.20. The summed E-state index contributed by atoms with van der Waals surface area (Å²) in [4.78, 5) is 16.5. The van der Waals surface area contributed by atoms with Crippen LogP contribution in [0.25, 0.3) is 0 Å². The number of pyridine rings is 1. The van der Waals surface area contributed by atoms with Crippen molar-refractivity contribution in [2.75, 3.05) is 18.0 Å². The monoisotopic (exact) mass is 247 g/mol. The lowest BCUT2D eigenvalue weighted by atomic mass is 10.2. The predicted molar refractivity (Wildman–Crippen MR) is 65.0 cm³/mol. The van der Waals surface area contributed by atoms with Gasteiger partial charge in [-0.3, -0.25) is 10.1 Å². The molecule has 0 saturated carbocycles. The van der Waals surface area contributed by atoms with Gasteiger partial charge in [-0.2, -0.15) is 5.26 Å². The molecule has 0 radical (unpaired) electrons. The highest BCUT2D eigenvalue weighted by atomic mass is 16.6. The Morgan fingerprint density at radius 2 is 2.50 bits per heavy atom. The SMILES string of the molecule is N#Cc1cnc(N2CCCC2CN)c([N+](=O)[O-])c1. The molecule has 2 heterocycles. The molecule has 1 atom stereocenters. The van der Waals surface area contributed by atoms with E-state index in [1.165, 1.54) is 12.3 Å². The number of aromatic nitrogens is 1. The van der Waals surface area contributed by atoms with E-state index in [1.54, 1.807) is 0 Å². The maximum atomic E-state index is 11.0. The molecule has 0 aliphatic carbocycles. The fourth-order valence-electron chi connectivity index (χ4n) is 2.22. The van der Waals surface area contributed by atoms with Gasteiger partial charge in [0.25, 0.3) is 0 Å². The van der Waals surface area contributed by atoms with Gasteiger partial charge in [0.2, 0.25) is 5.82 Å². The van der Waals surface area contributed by atoms with E-state index < -0.39 is 4.92 Å². The molecule has 7 heteroatoms. The second-order valence-corrected chi connectivity index (χ2v) is 4.16. The number of hydrogen-bond donors (Lipinski definition) is 1. The van der Waals surface area contributed by atoms with Crippen LogP contribution in [0.2, 0.25) is 0 Å². The number of hydrogen-bond acceptors (Lipinski definition) is 6. The lowest BCUT2D eigenvalue weighted by molar-refractivity contribution is -0.384. The molecular formula is C11H13N5O2. The van der Waals surface area contributed by atoms with E-state index >= 15 is 0 Å². The third kappa shape index (κ3) is 2.10. The Balaban J connectivity index is 2.44. The first kappa shape index (κ1) is 12.3. The number of rotatable bonds is 3.